The summed E-state index contributed by atoms with van der Waals surface area (Å²) in [5.74, 6) is 1.19. The van der Waals surface area contributed by atoms with Gasteiger partial charge < -0.3 is 0 Å². The Kier molecular flexibility index (Phi) is 3.03. The molecule has 0 amide bonds. The van der Waals surface area contributed by atoms with E-state index < -0.39 is 0 Å². The first-order valence-corrected chi connectivity index (χ1v) is 7.88. The van der Waals surface area contributed by atoms with E-state index in [-0.39, 0.29) is 0 Å². The van der Waals surface area contributed by atoms with Gasteiger partial charge in [-0.3, -0.25) is 0 Å². The molecule has 0 N–H and O–H groups in total. The van der Waals surface area contributed by atoms with Crippen molar-refractivity contribution in [2.24, 2.45) is 5.92 Å². The summed E-state index contributed by atoms with van der Waals surface area (Å²) in [5.41, 5.74) is 7.47. The van der Waals surface area contributed by atoms with E-state index in [9.17, 15) is 0 Å². The van der Waals surface area contributed by atoms with Crippen LogP contribution in [0.4, 0.5) is 0 Å². The van der Waals surface area contributed by atoms with Gasteiger partial charge in [-0.2, -0.15) is 0 Å². The maximum absolute atomic E-state index is 2.38. The standard InChI is InChI=1S/C21H20/c1-15(16-8-2-3-9-16)14-21-19-12-6-4-10-17(19)18-11-5-7-13-20(18)21/h2-8,10-13,15,21H,9,14H2,1H3. The number of allylic oxidation sites excluding steroid dienone is 4. The third-order valence-electron chi connectivity index (χ3n) is 4.98. The lowest BCUT2D eigenvalue weighted by Gasteiger charge is -2.20. The van der Waals surface area contributed by atoms with E-state index in [4.69, 9.17) is 0 Å². The van der Waals surface area contributed by atoms with Crippen molar-refractivity contribution in [3.05, 3.63) is 83.5 Å². The smallest absolute Gasteiger partial charge is 0.0107 e. The zero-order valence-electron chi connectivity index (χ0n) is 12.4. The van der Waals surface area contributed by atoms with E-state index in [1.165, 1.54) is 28.7 Å². The Morgan fingerprint density at radius 3 is 2.14 bits per heavy atom. The van der Waals surface area contributed by atoms with E-state index in [2.05, 4.69) is 73.7 Å². The highest BCUT2D eigenvalue weighted by molar-refractivity contribution is 5.78. The number of hydrogen-bond acceptors (Lipinski definition) is 0. The Morgan fingerprint density at radius 1 is 0.952 bits per heavy atom. The molecule has 0 radical (unpaired) electrons. The molecule has 104 valence electrons. The fraction of sp³-hybridized carbons (Fsp3) is 0.238. The molecule has 0 nitrogen and oxygen atoms in total. The van der Waals surface area contributed by atoms with Crippen LogP contribution in [0, 0.1) is 5.92 Å². The Bertz CT molecular complexity index is 688. The highest BCUT2D eigenvalue weighted by Gasteiger charge is 2.29. The van der Waals surface area contributed by atoms with Gasteiger partial charge >= 0.3 is 0 Å². The van der Waals surface area contributed by atoms with Crippen molar-refractivity contribution in [1.29, 1.82) is 0 Å². The zero-order chi connectivity index (χ0) is 14.2. The van der Waals surface area contributed by atoms with Crippen molar-refractivity contribution < 1.29 is 0 Å². The summed E-state index contributed by atoms with van der Waals surface area (Å²) in [6, 6.07) is 17.8. The lowest BCUT2D eigenvalue weighted by atomic mass is 9.84. The summed E-state index contributed by atoms with van der Waals surface area (Å²) in [6.45, 7) is 2.38. The molecule has 1 atom stereocenters. The van der Waals surface area contributed by atoms with Crippen LogP contribution >= 0.6 is 0 Å². The first-order valence-electron chi connectivity index (χ1n) is 7.88. The van der Waals surface area contributed by atoms with Gasteiger partial charge in [0.25, 0.3) is 0 Å². The number of fused-ring (bicyclic) bond motifs is 3. The SMILES string of the molecule is CC(CC1c2ccccc2-c2ccccc21)C1=CC=CC1. The predicted molar refractivity (Wildman–Crippen MR) is 89.3 cm³/mol. The molecule has 21 heavy (non-hydrogen) atoms. The number of benzene rings is 2. The molecule has 0 heteroatoms. The highest BCUT2D eigenvalue weighted by Crippen LogP contribution is 2.48. The third-order valence-corrected chi connectivity index (χ3v) is 4.98. The molecule has 2 aliphatic rings. The predicted octanol–water partition coefficient (Wildman–Crippen LogP) is 5.71. The summed E-state index contributed by atoms with van der Waals surface area (Å²) in [7, 11) is 0. The topological polar surface area (TPSA) is 0 Å². The Labute approximate surface area is 126 Å². The molecule has 0 fully saturated rings. The lowest BCUT2D eigenvalue weighted by molar-refractivity contribution is 0.564. The summed E-state index contributed by atoms with van der Waals surface area (Å²) >= 11 is 0. The average Bonchev–Trinajstić information content (AvgIpc) is 3.15. The van der Waals surface area contributed by atoms with Crippen molar-refractivity contribution in [3.63, 3.8) is 0 Å². The Balaban J connectivity index is 1.71. The van der Waals surface area contributed by atoms with Gasteiger partial charge in [-0.25, -0.2) is 0 Å². The minimum absolute atomic E-state index is 0.550. The molecule has 0 aliphatic heterocycles. The van der Waals surface area contributed by atoms with Crippen molar-refractivity contribution >= 4 is 0 Å². The monoisotopic (exact) mass is 272 g/mol. The van der Waals surface area contributed by atoms with Crippen LogP contribution in [0.1, 0.15) is 36.8 Å². The minimum atomic E-state index is 0.550. The molecule has 0 saturated carbocycles. The zero-order valence-corrected chi connectivity index (χ0v) is 12.4. The van der Waals surface area contributed by atoms with Crippen LogP contribution in [0.25, 0.3) is 11.1 Å². The van der Waals surface area contributed by atoms with Crippen LogP contribution in [-0.2, 0) is 0 Å². The minimum Gasteiger partial charge on any atom is -0.0805 e. The van der Waals surface area contributed by atoms with Crippen LogP contribution in [0.3, 0.4) is 0 Å². The fourth-order valence-electron chi connectivity index (χ4n) is 3.85. The molecule has 0 spiro atoms. The second kappa shape index (κ2) is 5.04. The molecule has 0 heterocycles. The van der Waals surface area contributed by atoms with Gasteiger partial charge in [-0.1, -0.05) is 79.3 Å². The highest BCUT2D eigenvalue weighted by atomic mass is 14.3. The summed E-state index contributed by atoms with van der Waals surface area (Å²) in [6.07, 6.45) is 9.11. The maximum atomic E-state index is 2.38. The van der Waals surface area contributed by atoms with Crippen molar-refractivity contribution in [1.82, 2.24) is 0 Å². The molecular weight excluding hydrogens is 252 g/mol. The molecular formula is C21H20. The van der Waals surface area contributed by atoms with Crippen LogP contribution in [0.15, 0.2) is 72.3 Å². The summed E-state index contributed by atoms with van der Waals surface area (Å²) < 4.78 is 0. The Morgan fingerprint density at radius 2 is 1.57 bits per heavy atom. The van der Waals surface area contributed by atoms with Gasteiger partial charge in [0.05, 0.1) is 0 Å². The molecule has 0 bridgehead atoms. The lowest BCUT2D eigenvalue weighted by Crippen LogP contribution is -2.06. The van der Waals surface area contributed by atoms with Gasteiger partial charge in [-0.15, -0.1) is 0 Å². The molecule has 2 aliphatic carbocycles. The third kappa shape index (κ3) is 2.06. The van der Waals surface area contributed by atoms with Crippen LogP contribution in [0.5, 0.6) is 0 Å². The molecule has 2 aromatic carbocycles. The molecule has 0 saturated heterocycles. The van der Waals surface area contributed by atoms with Gasteiger partial charge in [0.1, 0.15) is 0 Å². The molecule has 2 aromatic rings. The molecule has 0 aromatic heterocycles. The van der Waals surface area contributed by atoms with Crippen LogP contribution in [-0.4, -0.2) is 0 Å². The van der Waals surface area contributed by atoms with E-state index in [0.717, 1.165) is 6.42 Å². The second-order valence-corrected chi connectivity index (χ2v) is 6.24. The van der Waals surface area contributed by atoms with E-state index in [1.807, 2.05) is 0 Å². The number of rotatable bonds is 3. The number of hydrogen-bond donors (Lipinski definition) is 0. The Hall–Kier alpha value is -2.08. The van der Waals surface area contributed by atoms with E-state index in [0.29, 0.717) is 11.8 Å². The first kappa shape index (κ1) is 12.6. The summed E-state index contributed by atoms with van der Waals surface area (Å²) in [5, 5.41) is 0. The van der Waals surface area contributed by atoms with Gasteiger partial charge in [0.2, 0.25) is 0 Å². The van der Waals surface area contributed by atoms with E-state index in [1.54, 1.807) is 5.57 Å². The van der Waals surface area contributed by atoms with Crippen molar-refractivity contribution in [2.75, 3.05) is 0 Å². The average molecular weight is 272 g/mol. The van der Waals surface area contributed by atoms with E-state index >= 15 is 0 Å². The normalized spacial score (nSPS) is 17.5. The first-order chi connectivity index (χ1) is 10.3. The van der Waals surface area contributed by atoms with Crippen LogP contribution in [0.2, 0.25) is 0 Å². The fourth-order valence-corrected chi connectivity index (χ4v) is 3.85. The van der Waals surface area contributed by atoms with Gasteiger partial charge in [0.15, 0.2) is 0 Å². The van der Waals surface area contributed by atoms with Crippen molar-refractivity contribution in [3.8, 4) is 11.1 Å². The second-order valence-electron chi connectivity index (χ2n) is 6.24. The molecule has 1 unspecified atom stereocenters. The van der Waals surface area contributed by atoms with Crippen LogP contribution < -0.4 is 0 Å². The largest absolute Gasteiger partial charge is 0.0805 e. The quantitative estimate of drug-likeness (QED) is 0.671. The summed E-state index contributed by atoms with van der Waals surface area (Å²) in [4.78, 5) is 0. The molecule has 4 rings (SSSR count). The van der Waals surface area contributed by atoms with Gasteiger partial charge in [0, 0.05) is 5.92 Å². The maximum Gasteiger partial charge on any atom is 0.0107 e. The van der Waals surface area contributed by atoms with Crippen molar-refractivity contribution in [2.45, 2.75) is 25.7 Å². The van der Waals surface area contributed by atoms with Gasteiger partial charge in [-0.05, 0) is 41.0 Å².